The number of benzene rings is 3. The van der Waals surface area contributed by atoms with Gasteiger partial charge in [0, 0.05) is 21.7 Å². The summed E-state index contributed by atoms with van der Waals surface area (Å²) in [7, 11) is 0. The van der Waals surface area contributed by atoms with Crippen molar-refractivity contribution in [3.8, 4) is 21.8 Å². The minimum atomic E-state index is 0.472. The Bertz CT molecular complexity index is 1110. The van der Waals surface area contributed by atoms with E-state index in [0.29, 0.717) is 10.9 Å². The number of aryl methyl sites for hydroxylation is 1. The number of thiazole rings is 1. The summed E-state index contributed by atoms with van der Waals surface area (Å²) in [5.74, 6) is 0.472. The molecule has 0 fully saturated rings. The van der Waals surface area contributed by atoms with E-state index in [1.165, 1.54) is 16.9 Å². The van der Waals surface area contributed by atoms with Crippen LogP contribution >= 0.6 is 22.9 Å². The molecule has 2 N–H and O–H groups in total. The zero-order valence-electron chi connectivity index (χ0n) is 15.3. The fourth-order valence-corrected chi connectivity index (χ4v) is 3.89. The van der Waals surface area contributed by atoms with E-state index in [-0.39, 0.29) is 0 Å². The van der Waals surface area contributed by atoms with Gasteiger partial charge in [-0.15, -0.1) is 0 Å². The van der Waals surface area contributed by atoms with Crippen LogP contribution < -0.4 is 5.73 Å². The molecule has 0 atom stereocenters. The minimum absolute atomic E-state index is 0.472. The molecule has 0 bridgehead atoms. The first-order chi connectivity index (χ1) is 13.6. The molecule has 0 saturated heterocycles. The van der Waals surface area contributed by atoms with Crippen LogP contribution in [0.3, 0.4) is 0 Å². The van der Waals surface area contributed by atoms with Crippen molar-refractivity contribution in [3.63, 3.8) is 0 Å². The van der Waals surface area contributed by atoms with Crippen molar-refractivity contribution in [3.05, 3.63) is 95.0 Å². The summed E-state index contributed by atoms with van der Waals surface area (Å²) in [5, 5.41) is 2.37. The largest absolute Gasteiger partial charge is 0.383 e. The number of rotatable bonds is 4. The highest BCUT2D eigenvalue weighted by Crippen LogP contribution is 2.40. The van der Waals surface area contributed by atoms with Crippen molar-refractivity contribution >= 4 is 33.8 Å². The van der Waals surface area contributed by atoms with Gasteiger partial charge in [0.15, 0.2) is 0 Å². The van der Waals surface area contributed by atoms with Crippen LogP contribution in [-0.2, 0) is 0 Å². The summed E-state index contributed by atoms with van der Waals surface area (Å²) >= 11 is 7.55. The van der Waals surface area contributed by atoms with E-state index < -0.39 is 0 Å². The van der Waals surface area contributed by atoms with E-state index in [0.717, 1.165) is 32.4 Å². The second-order valence-electron chi connectivity index (χ2n) is 6.41. The predicted octanol–water partition coefficient (Wildman–Crippen LogP) is 6.48. The lowest BCUT2D eigenvalue weighted by Crippen LogP contribution is -2.12. The summed E-state index contributed by atoms with van der Waals surface area (Å²) in [6, 6.07) is 25.7. The first-order valence-corrected chi connectivity index (χ1v) is 10.0. The Hall–Kier alpha value is -2.95. The van der Waals surface area contributed by atoms with Gasteiger partial charge in [-0.3, -0.25) is 0 Å². The molecule has 0 aliphatic carbocycles. The quantitative estimate of drug-likeness (QED) is 0.313. The molecule has 0 amide bonds. The Morgan fingerprint density at radius 2 is 1.54 bits per heavy atom. The van der Waals surface area contributed by atoms with Crippen LogP contribution in [0.15, 0.2) is 83.9 Å². The highest BCUT2D eigenvalue weighted by Gasteiger charge is 2.15. The average molecular weight is 404 g/mol. The molecule has 3 nitrogen and oxygen atoms in total. The second kappa shape index (κ2) is 7.97. The zero-order valence-corrected chi connectivity index (χ0v) is 16.8. The molecule has 138 valence electrons. The molecule has 4 aromatic rings. The number of aliphatic imine (C=N–C) groups is 1. The lowest BCUT2D eigenvalue weighted by atomic mass is 10.1. The van der Waals surface area contributed by atoms with E-state index >= 15 is 0 Å². The van der Waals surface area contributed by atoms with Gasteiger partial charge in [0.05, 0.1) is 0 Å². The minimum Gasteiger partial charge on any atom is -0.383 e. The molecule has 3 aromatic carbocycles. The summed E-state index contributed by atoms with van der Waals surface area (Å²) in [6.45, 7) is 2.07. The van der Waals surface area contributed by atoms with Crippen molar-refractivity contribution in [1.82, 2.24) is 4.98 Å². The molecule has 0 spiro atoms. The Morgan fingerprint density at radius 1 is 0.893 bits per heavy atom. The number of nitrogens with two attached hydrogens (primary N) is 1. The Balaban J connectivity index is 1.83. The van der Waals surface area contributed by atoms with Crippen LogP contribution in [0.25, 0.3) is 21.8 Å². The monoisotopic (exact) mass is 403 g/mol. The van der Waals surface area contributed by atoms with Gasteiger partial charge in [0.25, 0.3) is 0 Å². The molecule has 28 heavy (non-hydrogen) atoms. The maximum Gasteiger partial charge on any atom is 0.146 e. The van der Waals surface area contributed by atoms with Gasteiger partial charge in [-0.1, -0.05) is 95.2 Å². The Kier molecular flexibility index (Phi) is 5.24. The fraction of sp³-hybridized carbons (Fsp3) is 0.0435. The van der Waals surface area contributed by atoms with Crippen molar-refractivity contribution < 1.29 is 0 Å². The molecular formula is C23H18ClN3S. The van der Waals surface area contributed by atoms with Gasteiger partial charge in [-0.05, 0) is 19.1 Å². The average Bonchev–Trinajstić information content (AvgIpc) is 3.13. The fourth-order valence-electron chi connectivity index (χ4n) is 2.79. The van der Waals surface area contributed by atoms with Crippen LogP contribution in [0.5, 0.6) is 0 Å². The van der Waals surface area contributed by atoms with Crippen LogP contribution in [0.2, 0.25) is 5.02 Å². The second-order valence-corrected chi connectivity index (χ2v) is 7.82. The highest BCUT2D eigenvalue weighted by atomic mass is 35.5. The van der Waals surface area contributed by atoms with Crippen molar-refractivity contribution in [2.45, 2.75) is 6.92 Å². The number of aromatic nitrogens is 1. The normalized spacial score (nSPS) is 11.6. The van der Waals surface area contributed by atoms with Crippen molar-refractivity contribution in [2.75, 3.05) is 0 Å². The molecule has 0 saturated carbocycles. The number of hydrogen-bond donors (Lipinski definition) is 1. The molecule has 0 radical (unpaired) electrons. The lowest BCUT2D eigenvalue weighted by Gasteiger charge is -2.02. The van der Waals surface area contributed by atoms with Crippen LogP contribution in [-0.4, -0.2) is 10.8 Å². The maximum atomic E-state index is 6.28. The number of hydrogen-bond acceptors (Lipinski definition) is 3. The van der Waals surface area contributed by atoms with E-state index in [4.69, 9.17) is 27.3 Å². The van der Waals surface area contributed by atoms with Crippen LogP contribution in [0.1, 0.15) is 11.1 Å². The Morgan fingerprint density at radius 3 is 2.21 bits per heavy atom. The van der Waals surface area contributed by atoms with E-state index in [1.54, 1.807) is 0 Å². The first-order valence-electron chi connectivity index (χ1n) is 8.83. The van der Waals surface area contributed by atoms with Gasteiger partial charge in [0.2, 0.25) is 0 Å². The highest BCUT2D eigenvalue weighted by molar-refractivity contribution is 7.19. The summed E-state index contributed by atoms with van der Waals surface area (Å²) in [6.07, 6.45) is 0. The smallest absolute Gasteiger partial charge is 0.146 e. The number of halogens is 1. The third kappa shape index (κ3) is 3.98. The maximum absolute atomic E-state index is 6.28. The summed E-state index contributed by atoms with van der Waals surface area (Å²) in [5.41, 5.74) is 11.2. The molecule has 1 heterocycles. The van der Waals surface area contributed by atoms with Crippen molar-refractivity contribution in [1.29, 1.82) is 0 Å². The number of nitrogens with zero attached hydrogens (tertiary/aromatic N) is 2. The summed E-state index contributed by atoms with van der Waals surface area (Å²) < 4.78 is 0. The van der Waals surface area contributed by atoms with E-state index in [9.17, 15) is 0 Å². The molecule has 0 aliphatic rings. The van der Waals surface area contributed by atoms with Crippen molar-refractivity contribution in [2.24, 2.45) is 10.7 Å². The van der Waals surface area contributed by atoms with Crippen LogP contribution in [0, 0.1) is 6.92 Å². The van der Waals surface area contributed by atoms with Gasteiger partial charge in [0.1, 0.15) is 21.5 Å². The first kappa shape index (κ1) is 18.4. The van der Waals surface area contributed by atoms with Gasteiger partial charge in [-0.2, -0.15) is 0 Å². The van der Waals surface area contributed by atoms with Gasteiger partial charge >= 0.3 is 0 Å². The van der Waals surface area contributed by atoms with E-state index in [1.807, 2.05) is 54.6 Å². The molecule has 4 rings (SSSR count). The molecule has 0 unspecified atom stereocenters. The zero-order chi connectivity index (χ0) is 19.5. The third-order valence-corrected chi connectivity index (χ3v) is 5.57. The topological polar surface area (TPSA) is 51.3 Å². The molecule has 0 aliphatic heterocycles. The number of amidine groups is 1. The Labute approximate surface area is 173 Å². The molecule has 1 aromatic heterocycles. The van der Waals surface area contributed by atoms with Gasteiger partial charge < -0.3 is 5.73 Å². The SMILES string of the molecule is Cc1ccc(-c2nc(-c3ccc(Cl)cc3)sc2/N=C(\N)c2ccccc2)cc1. The summed E-state index contributed by atoms with van der Waals surface area (Å²) in [4.78, 5) is 9.59. The molecule has 5 heteroatoms. The predicted molar refractivity (Wildman–Crippen MR) is 120 cm³/mol. The molecular weight excluding hydrogens is 386 g/mol. The third-order valence-electron chi connectivity index (χ3n) is 4.32. The van der Waals surface area contributed by atoms with E-state index in [2.05, 4.69) is 31.2 Å². The standard InChI is InChI=1S/C23H18ClN3S/c1-15-7-9-16(10-8-15)20-23(27-21(25)17-5-3-2-4-6-17)28-22(26-20)18-11-13-19(24)14-12-18/h2-14H,1H3,(H2,25,27). The lowest BCUT2D eigenvalue weighted by molar-refractivity contribution is 1.37. The van der Waals surface area contributed by atoms with Gasteiger partial charge in [-0.25, -0.2) is 9.98 Å². The van der Waals surface area contributed by atoms with Crippen LogP contribution in [0.4, 0.5) is 5.00 Å².